The third-order valence-corrected chi connectivity index (χ3v) is 3.68. The molecule has 0 unspecified atom stereocenters. The van der Waals surface area contributed by atoms with Gasteiger partial charge in [0, 0.05) is 0 Å². The van der Waals surface area contributed by atoms with Gasteiger partial charge in [0.2, 0.25) is 11.7 Å². The minimum absolute atomic E-state index is 0. The van der Waals surface area contributed by atoms with Gasteiger partial charge in [-0.15, -0.1) is 0 Å². The Morgan fingerprint density at radius 1 is 0.828 bits per heavy atom. The molecule has 0 spiro atoms. The molecule has 1 aromatic rings. The van der Waals surface area contributed by atoms with Gasteiger partial charge in [-0.05, 0) is 24.3 Å². The van der Waals surface area contributed by atoms with Crippen LogP contribution in [0.3, 0.4) is 0 Å². The molecule has 4 nitrogen and oxygen atoms in total. The van der Waals surface area contributed by atoms with E-state index in [2.05, 4.69) is 4.74 Å². The molecule has 0 saturated heterocycles. The second-order valence-corrected chi connectivity index (χ2v) is 6.20. The molecule has 0 bridgehead atoms. The molecule has 1 aromatic carbocycles. The SMILES string of the molecule is O=S(=O)([O-])c1ccc(OC(F)(F)/C(F)=C(\F)C(F)(F)C(F)(F)C(F)(F)F)cc1.[Na+]. The molecular formula is C12H4F11NaO4S. The van der Waals surface area contributed by atoms with Gasteiger partial charge >= 0.3 is 53.7 Å². The Hall–Kier alpha value is -1.10. The van der Waals surface area contributed by atoms with Crippen LogP contribution in [0, 0.1) is 0 Å². The Morgan fingerprint density at radius 3 is 1.59 bits per heavy atom. The van der Waals surface area contributed by atoms with Crippen molar-refractivity contribution in [1.82, 2.24) is 0 Å². The zero-order valence-electron chi connectivity index (χ0n) is 13.5. The van der Waals surface area contributed by atoms with E-state index in [0.29, 0.717) is 12.1 Å². The normalized spacial score (nSPS) is 14.8. The summed E-state index contributed by atoms with van der Waals surface area (Å²) in [5.74, 6) is -24.1. The first kappa shape index (κ1) is 27.9. The van der Waals surface area contributed by atoms with E-state index in [4.69, 9.17) is 0 Å². The van der Waals surface area contributed by atoms with Gasteiger partial charge in [0.15, 0.2) is 0 Å². The zero-order valence-corrected chi connectivity index (χ0v) is 16.3. The van der Waals surface area contributed by atoms with Crippen LogP contribution in [0.5, 0.6) is 5.75 Å². The Kier molecular flexibility index (Phi) is 8.24. The van der Waals surface area contributed by atoms with Crippen LogP contribution in [0.2, 0.25) is 0 Å². The monoisotopic (exact) mass is 476 g/mol. The van der Waals surface area contributed by atoms with Crippen molar-refractivity contribution in [3.05, 3.63) is 35.9 Å². The number of hydrogen-bond donors (Lipinski definition) is 0. The van der Waals surface area contributed by atoms with Crippen molar-refractivity contribution >= 4 is 10.1 Å². The molecule has 17 heteroatoms. The maximum atomic E-state index is 13.4. The van der Waals surface area contributed by atoms with Crippen LogP contribution in [0.15, 0.2) is 40.8 Å². The standard InChI is InChI=1S/C12H5F11O4S.Na/c13-7(9(15,16)11(19,20)12(21,22)23)8(14)10(17,18)27-5-1-3-6(4-2-5)28(24,25)26;/h1-4H,(H,24,25,26);/q;+1/p-1/b8-7+;. The molecule has 0 radical (unpaired) electrons. The summed E-state index contributed by atoms with van der Waals surface area (Å²) in [5.41, 5.74) is 0. The molecule has 0 saturated carbocycles. The summed E-state index contributed by atoms with van der Waals surface area (Å²) in [6, 6.07) is 1.12. The van der Waals surface area contributed by atoms with E-state index < -0.39 is 56.5 Å². The molecule has 160 valence electrons. The molecule has 0 amide bonds. The van der Waals surface area contributed by atoms with Crippen molar-refractivity contribution in [3.63, 3.8) is 0 Å². The van der Waals surface area contributed by atoms with Crippen LogP contribution >= 0.6 is 0 Å². The summed E-state index contributed by atoms with van der Waals surface area (Å²) >= 11 is 0. The molecule has 0 N–H and O–H groups in total. The summed E-state index contributed by atoms with van der Waals surface area (Å²) in [7, 11) is -5.07. The second-order valence-electron chi connectivity index (χ2n) is 4.82. The maximum Gasteiger partial charge on any atom is 1.00 e. The van der Waals surface area contributed by atoms with Crippen molar-refractivity contribution < 1.29 is 95.6 Å². The first-order valence-electron chi connectivity index (χ1n) is 6.26. The third-order valence-electron chi connectivity index (χ3n) is 2.83. The van der Waals surface area contributed by atoms with Crippen LogP contribution in [0.25, 0.3) is 0 Å². The topological polar surface area (TPSA) is 66.4 Å². The predicted molar refractivity (Wildman–Crippen MR) is 65.2 cm³/mol. The van der Waals surface area contributed by atoms with Crippen LogP contribution < -0.4 is 34.3 Å². The van der Waals surface area contributed by atoms with Crippen LogP contribution in [-0.2, 0) is 10.1 Å². The van der Waals surface area contributed by atoms with Crippen molar-refractivity contribution in [3.8, 4) is 5.75 Å². The van der Waals surface area contributed by atoms with Gasteiger partial charge in [0.25, 0.3) is 0 Å². The average molecular weight is 476 g/mol. The Morgan fingerprint density at radius 2 is 1.24 bits per heavy atom. The van der Waals surface area contributed by atoms with Crippen molar-refractivity contribution in [2.24, 2.45) is 0 Å². The second kappa shape index (κ2) is 8.56. The van der Waals surface area contributed by atoms with E-state index in [1.807, 2.05) is 0 Å². The van der Waals surface area contributed by atoms with Gasteiger partial charge in [-0.25, -0.2) is 12.8 Å². The Labute approximate surface area is 176 Å². The molecular weight excluding hydrogens is 472 g/mol. The fourth-order valence-electron chi connectivity index (χ4n) is 1.45. The smallest absolute Gasteiger partial charge is 0.744 e. The van der Waals surface area contributed by atoms with Crippen molar-refractivity contribution in [1.29, 1.82) is 0 Å². The number of halogens is 11. The van der Waals surface area contributed by atoms with Gasteiger partial charge < -0.3 is 9.29 Å². The Balaban J connectivity index is 0.00000784. The molecule has 29 heavy (non-hydrogen) atoms. The first-order valence-corrected chi connectivity index (χ1v) is 7.67. The van der Waals surface area contributed by atoms with E-state index in [9.17, 15) is 61.3 Å². The molecule has 0 aliphatic carbocycles. The van der Waals surface area contributed by atoms with E-state index in [-0.39, 0.29) is 41.7 Å². The van der Waals surface area contributed by atoms with E-state index >= 15 is 0 Å². The molecule has 0 aliphatic rings. The zero-order chi connectivity index (χ0) is 22.3. The van der Waals surface area contributed by atoms with Gasteiger partial charge in [-0.3, -0.25) is 0 Å². The maximum absolute atomic E-state index is 13.4. The summed E-state index contributed by atoms with van der Waals surface area (Å²) in [5, 5.41) is 0. The minimum Gasteiger partial charge on any atom is -0.744 e. The van der Waals surface area contributed by atoms with Gasteiger partial charge in [-0.2, -0.15) is 43.9 Å². The summed E-state index contributed by atoms with van der Waals surface area (Å²) < 4.78 is 175. The largest absolute Gasteiger partial charge is 1.00 e. The molecule has 0 atom stereocenters. The molecule has 1 rings (SSSR count). The number of allylic oxidation sites excluding steroid dienone is 1. The molecule has 0 aliphatic heterocycles. The molecule has 0 aromatic heterocycles. The minimum atomic E-state index is -7.25. The van der Waals surface area contributed by atoms with Crippen LogP contribution in [-0.4, -0.2) is 37.1 Å². The first-order chi connectivity index (χ1) is 12.2. The van der Waals surface area contributed by atoms with Gasteiger partial charge in [0.05, 0.1) is 4.90 Å². The quantitative estimate of drug-likeness (QED) is 0.355. The Bertz CT molecular complexity index is 863. The van der Waals surface area contributed by atoms with E-state index in [1.54, 1.807) is 0 Å². The molecule has 0 heterocycles. The number of ether oxygens (including phenoxy) is 1. The van der Waals surface area contributed by atoms with E-state index in [0.717, 1.165) is 0 Å². The van der Waals surface area contributed by atoms with Gasteiger partial charge in [-0.1, -0.05) is 0 Å². The average Bonchev–Trinajstić information content (AvgIpc) is 2.51. The summed E-state index contributed by atoms with van der Waals surface area (Å²) in [6.07, 6.45) is -12.9. The predicted octanol–water partition coefficient (Wildman–Crippen LogP) is 1.55. The molecule has 0 fully saturated rings. The van der Waals surface area contributed by atoms with Crippen LogP contribution in [0.1, 0.15) is 0 Å². The van der Waals surface area contributed by atoms with Crippen LogP contribution in [0.4, 0.5) is 48.3 Å². The fourth-order valence-corrected chi connectivity index (χ4v) is 1.92. The summed E-state index contributed by atoms with van der Waals surface area (Å²) in [6.45, 7) is 0. The van der Waals surface area contributed by atoms with Crippen molar-refractivity contribution in [2.75, 3.05) is 0 Å². The third kappa shape index (κ3) is 5.74. The van der Waals surface area contributed by atoms with E-state index in [1.165, 1.54) is 0 Å². The van der Waals surface area contributed by atoms with Gasteiger partial charge in [0.1, 0.15) is 15.9 Å². The number of benzene rings is 1. The number of hydrogen-bond acceptors (Lipinski definition) is 4. The van der Waals surface area contributed by atoms with Crippen molar-refractivity contribution in [2.45, 2.75) is 29.0 Å². The fraction of sp³-hybridized carbons (Fsp3) is 0.333. The summed E-state index contributed by atoms with van der Waals surface area (Å²) in [4.78, 5) is -1.01. The number of alkyl halides is 9. The number of rotatable bonds is 6.